The summed E-state index contributed by atoms with van der Waals surface area (Å²) in [5, 5.41) is 8.60. The fourth-order valence-electron chi connectivity index (χ4n) is 4.46. The number of likely N-dealkylation sites (tertiary alicyclic amines) is 1. The van der Waals surface area contributed by atoms with Crippen molar-refractivity contribution in [1.29, 1.82) is 0 Å². The number of hydrogen-bond acceptors (Lipinski definition) is 6. The molecule has 2 fully saturated rings. The quantitative estimate of drug-likeness (QED) is 0.764. The van der Waals surface area contributed by atoms with Crippen LogP contribution in [0, 0.1) is 5.41 Å². The van der Waals surface area contributed by atoms with Gasteiger partial charge in [0.15, 0.2) is 0 Å². The van der Waals surface area contributed by atoms with Crippen LogP contribution >= 0.6 is 0 Å². The Labute approximate surface area is 171 Å². The van der Waals surface area contributed by atoms with Crippen LogP contribution in [-0.4, -0.2) is 53.9 Å². The first-order valence-corrected chi connectivity index (χ1v) is 10.5. The van der Waals surface area contributed by atoms with Gasteiger partial charge < -0.3 is 18.8 Å². The number of nitrogens with zero attached hydrogens (tertiary/aromatic N) is 3. The van der Waals surface area contributed by atoms with Gasteiger partial charge in [0.1, 0.15) is 5.75 Å². The number of rotatable bonds is 5. The van der Waals surface area contributed by atoms with Crippen LogP contribution in [0.25, 0.3) is 0 Å². The molecule has 7 heteroatoms. The summed E-state index contributed by atoms with van der Waals surface area (Å²) < 4.78 is 17.3. The van der Waals surface area contributed by atoms with Crippen LogP contribution in [0.15, 0.2) is 28.7 Å². The van der Waals surface area contributed by atoms with E-state index in [4.69, 9.17) is 13.9 Å². The molecule has 0 radical (unpaired) electrons. The largest absolute Gasteiger partial charge is 0.493 e. The molecule has 1 spiro atoms. The topological polar surface area (TPSA) is 77.7 Å². The molecule has 2 aromatic rings. The summed E-state index contributed by atoms with van der Waals surface area (Å²) in [7, 11) is 0. The van der Waals surface area contributed by atoms with E-state index < -0.39 is 0 Å². The minimum Gasteiger partial charge on any atom is -0.493 e. The van der Waals surface area contributed by atoms with Crippen LogP contribution in [0.2, 0.25) is 0 Å². The minimum atomic E-state index is -0.0880. The average molecular weight is 399 g/mol. The molecule has 2 aliphatic rings. The van der Waals surface area contributed by atoms with Gasteiger partial charge in [0, 0.05) is 37.6 Å². The third kappa shape index (κ3) is 3.75. The van der Waals surface area contributed by atoms with Crippen molar-refractivity contribution >= 4 is 5.91 Å². The Morgan fingerprint density at radius 3 is 2.72 bits per heavy atom. The first-order chi connectivity index (χ1) is 14.0. The average Bonchev–Trinajstić information content (AvgIpc) is 3.34. The predicted molar refractivity (Wildman–Crippen MR) is 107 cm³/mol. The number of carbonyl (C=O) groups excluding carboxylic acids is 1. The molecule has 1 atom stereocenters. The molecule has 0 bridgehead atoms. The SMILES string of the molecule is CCOc1ccccc1C(=O)N1CC(c2nnc(C(C)C)o2)C2(CCOCC2)C1. The number of carbonyl (C=O) groups is 1. The number of ether oxygens (including phenoxy) is 2. The summed E-state index contributed by atoms with van der Waals surface area (Å²) >= 11 is 0. The molecular formula is C22H29N3O4. The maximum Gasteiger partial charge on any atom is 0.257 e. The van der Waals surface area contributed by atoms with Crippen LogP contribution < -0.4 is 4.74 Å². The summed E-state index contributed by atoms with van der Waals surface area (Å²) in [4.78, 5) is 15.3. The van der Waals surface area contributed by atoms with Gasteiger partial charge in [-0.3, -0.25) is 4.79 Å². The van der Waals surface area contributed by atoms with E-state index in [2.05, 4.69) is 10.2 Å². The van der Waals surface area contributed by atoms with E-state index in [1.165, 1.54) is 0 Å². The smallest absolute Gasteiger partial charge is 0.257 e. The van der Waals surface area contributed by atoms with Crippen LogP contribution in [0.3, 0.4) is 0 Å². The lowest BCUT2D eigenvalue weighted by molar-refractivity contribution is 0.00886. The molecule has 3 heterocycles. The molecule has 7 nitrogen and oxygen atoms in total. The summed E-state index contributed by atoms with van der Waals surface area (Å²) in [6.07, 6.45) is 1.77. The Morgan fingerprint density at radius 2 is 2.03 bits per heavy atom. The Bertz CT molecular complexity index is 857. The van der Waals surface area contributed by atoms with Gasteiger partial charge in [-0.25, -0.2) is 0 Å². The molecule has 1 amide bonds. The van der Waals surface area contributed by atoms with Gasteiger partial charge in [0.05, 0.1) is 18.1 Å². The summed E-state index contributed by atoms with van der Waals surface area (Å²) in [6, 6.07) is 7.45. The lowest BCUT2D eigenvalue weighted by Crippen LogP contribution is -2.37. The molecule has 1 aromatic heterocycles. The summed E-state index contributed by atoms with van der Waals surface area (Å²) in [6.45, 7) is 9.14. The predicted octanol–water partition coefficient (Wildman–Crippen LogP) is 3.63. The first-order valence-electron chi connectivity index (χ1n) is 10.5. The monoisotopic (exact) mass is 399 g/mol. The third-order valence-electron chi connectivity index (χ3n) is 6.09. The van der Waals surface area contributed by atoms with Gasteiger partial charge in [-0.1, -0.05) is 26.0 Å². The van der Waals surface area contributed by atoms with Crippen molar-refractivity contribution in [1.82, 2.24) is 15.1 Å². The van der Waals surface area contributed by atoms with Crippen molar-refractivity contribution in [2.75, 3.05) is 32.9 Å². The molecule has 29 heavy (non-hydrogen) atoms. The lowest BCUT2D eigenvalue weighted by atomic mass is 9.72. The number of hydrogen-bond donors (Lipinski definition) is 0. The number of para-hydroxylation sites is 1. The highest BCUT2D eigenvalue weighted by Gasteiger charge is 2.51. The van der Waals surface area contributed by atoms with Crippen LogP contribution in [-0.2, 0) is 4.74 Å². The molecule has 0 N–H and O–H groups in total. The zero-order valence-corrected chi connectivity index (χ0v) is 17.4. The van der Waals surface area contributed by atoms with E-state index in [0.29, 0.717) is 56.0 Å². The van der Waals surface area contributed by atoms with Crippen molar-refractivity contribution in [2.24, 2.45) is 5.41 Å². The fourth-order valence-corrected chi connectivity index (χ4v) is 4.46. The Kier molecular flexibility index (Phi) is 5.58. The maximum atomic E-state index is 13.4. The Morgan fingerprint density at radius 1 is 1.28 bits per heavy atom. The molecule has 0 aliphatic carbocycles. The molecule has 0 saturated carbocycles. The Hall–Kier alpha value is -2.41. The zero-order chi connectivity index (χ0) is 20.4. The molecule has 4 rings (SSSR count). The molecule has 2 aliphatic heterocycles. The summed E-state index contributed by atoms with van der Waals surface area (Å²) in [5.41, 5.74) is 0.514. The second kappa shape index (κ2) is 8.14. The second-order valence-electron chi connectivity index (χ2n) is 8.28. The van der Waals surface area contributed by atoms with Crippen LogP contribution in [0.4, 0.5) is 0 Å². The maximum absolute atomic E-state index is 13.4. The number of amides is 1. The van der Waals surface area contributed by atoms with Gasteiger partial charge in [-0.2, -0.15) is 0 Å². The van der Waals surface area contributed by atoms with Crippen molar-refractivity contribution in [2.45, 2.75) is 45.4 Å². The highest BCUT2D eigenvalue weighted by molar-refractivity contribution is 5.97. The molecule has 2 saturated heterocycles. The van der Waals surface area contributed by atoms with E-state index in [-0.39, 0.29) is 23.2 Å². The third-order valence-corrected chi connectivity index (χ3v) is 6.09. The number of benzene rings is 1. The first kappa shape index (κ1) is 19.9. The molecule has 1 unspecified atom stereocenters. The van der Waals surface area contributed by atoms with Crippen molar-refractivity contribution in [3.63, 3.8) is 0 Å². The van der Waals surface area contributed by atoms with Crippen molar-refractivity contribution < 1.29 is 18.7 Å². The molecular weight excluding hydrogens is 370 g/mol. The standard InChI is InChI=1S/C22H29N3O4/c1-4-28-18-8-6-5-7-16(18)21(26)25-13-17(20-24-23-19(29-20)15(2)3)22(14-25)9-11-27-12-10-22/h5-8,15,17H,4,9-14H2,1-3H3. The van der Waals surface area contributed by atoms with E-state index in [1.807, 2.05) is 49.9 Å². The summed E-state index contributed by atoms with van der Waals surface area (Å²) in [5.74, 6) is 2.11. The van der Waals surface area contributed by atoms with Gasteiger partial charge in [-0.15, -0.1) is 10.2 Å². The van der Waals surface area contributed by atoms with Gasteiger partial charge in [0.2, 0.25) is 11.8 Å². The molecule has 156 valence electrons. The fraction of sp³-hybridized carbons (Fsp3) is 0.591. The van der Waals surface area contributed by atoms with E-state index in [1.54, 1.807) is 0 Å². The van der Waals surface area contributed by atoms with E-state index >= 15 is 0 Å². The highest BCUT2D eigenvalue weighted by Crippen LogP contribution is 2.49. The van der Waals surface area contributed by atoms with Crippen molar-refractivity contribution in [3.05, 3.63) is 41.6 Å². The van der Waals surface area contributed by atoms with E-state index in [0.717, 1.165) is 12.8 Å². The lowest BCUT2D eigenvalue weighted by Gasteiger charge is -2.36. The minimum absolute atomic E-state index is 0.00832. The van der Waals surface area contributed by atoms with Gasteiger partial charge in [-0.05, 0) is 31.9 Å². The van der Waals surface area contributed by atoms with Gasteiger partial charge in [0.25, 0.3) is 5.91 Å². The Balaban J connectivity index is 1.64. The highest BCUT2D eigenvalue weighted by atomic mass is 16.5. The van der Waals surface area contributed by atoms with Crippen LogP contribution in [0.1, 0.15) is 67.6 Å². The molecule has 1 aromatic carbocycles. The normalized spacial score (nSPS) is 21.1. The van der Waals surface area contributed by atoms with Crippen LogP contribution in [0.5, 0.6) is 5.75 Å². The van der Waals surface area contributed by atoms with Gasteiger partial charge >= 0.3 is 0 Å². The zero-order valence-electron chi connectivity index (χ0n) is 17.4. The van der Waals surface area contributed by atoms with Crippen molar-refractivity contribution in [3.8, 4) is 5.75 Å². The number of aromatic nitrogens is 2. The second-order valence-corrected chi connectivity index (χ2v) is 8.28. The van der Waals surface area contributed by atoms with E-state index in [9.17, 15) is 4.79 Å².